The van der Waals surface area contributed by atoms with Crippen molar-refractivity contribution in [3.8, 4) is 5.75 Å². The molecule has 1 saturated heterocycles. The van der Waals surface area contributed by atoms with Crippen molar-refractivity contribution in [1.82, 2.24) is 5.32 Å². The minimum Gasteiger partial charge on any atom is -0.493 e. The lowest BCUT2D eigenvalue weighted by Gasteiger charge is -2.46. The van der Waals surface area contributed by atoms with Gasteiger partial charge < -0.3 is 10.1 Å². The lowest BCUT2D eigenvalue weighted by Crippen LogP contribution is -2.42. The van der Waals surface area contributed by atoms with Crippen LogP contribution in [0.5, 0.6) is 5.75 Å². The zero-order valence-corrected chi connectivity index (χ0v) is 22.5. The lowest BCUT2D eigenvalue weighted by molar-refractivity contribution is -0.129. The van der Waals surface area contributed by atoms with E-state index in [4.69, 9.17) is 27.9 Å². The normalized spacial score (nSPS) is 29.0. The molecule has 0 radical (unpaired) electrons. The van der Waals surface area contributed by atoms with E-state index >= 15 is 0 Å². The number of carbonyl (C=O) groups is 1. The molecule has 0 aromatic heterocycles. The fraction of sp³-hybridized carbons (Fsp3) is 0.552. The van der Waals surface area contributed by atoms with Gasteiger partial charge >= 0.3 is 0 Å². The molecule has 1 aliphatic carbocycles. The number of amides is 1. The van der Waals surface area contributed by atoms with Crippen LogP contribution in [0.4, 0.5) is 0 Å². The number of nitrogens with one attached hydrogen (secondary N) is 1. The first kappa shape index (κ1) is 25.4. The number of rotatable bonds is 7. The predicted molar refractivity (Wildman–Crippen MR) is 141 cm³/mol. The second-order valence-corrected chi connectivity index (χ2v) is 11.8. The zero-order valence-electron chi connectivity index (χ0n) is 21.0. The number of fused-ring (bicyclic) bond motifs is 1. The number of halogens is 2. The Morgan fingerprint density at radius 3 is 2.41 bits per heavy atom. The van der Waals surface area contributed by atoms with E-state index in [1.54, 1.807) is 0 Å². The highest BCUT2D eigenvalue weighted by atomic mass is 35.5. The monoisotopic (exact) mass is 501 g/mol. The molecule has 184 valence electrons. The van der Waals surface area contributed by atoms with E-state index in [1.807, 2.05) is 18.2 Å². The Kier molecular flexibility index (Phi) is 7.27. The van der Waals surface area contributed by atoms with E-state index < -0.39 is 0 Å². The van der Waals surface area contributed by atoms with Crippen molar-refractivity contribution < 1.29 is 9.53 Å². The average molecular weight is 503 g/mol. The van der Waals surface area contributed by atoms with Crippen molar-refractivity contribution in [2.75, 3.05) is 6.61 Å². The Labute approximate surface area is 214 Å². The van der Waals surface area contributed by atoms with Crippen LogP contribution in [0.3, 0.4) is 0 Å². The van der Waals surface area contributed by atoms with Gasteiger partial charge in [-0.15, -0.1) is 0 Å². The third-order valence-corrected chi connectivity index (χ3v) is 9.45. The first-order chi connectivity index (χ1) is 16.1. The highest BCUT2D eigenvalue weighted by Gasteiger charge is 2.57. The Morgan fingerprint density at radius 1 is 1.12 bits per heavy atom. The van der Waals surface area contributed by atoms with Gasteiger partial charge in [-0.2, -0.15) is 0 Å². The smallest absolute Gasteiger partial charge is 0.226 e. The fourth-order valence-corrected chi connectivity index (χ4v) is 6.56. The number of ether oxygens (including phenoxy) is 1. The molecule has 1 saturated carbocycles. The van der Waals surface area contributed by atoms with Gasteiger partial charge in [0.25, 0.3) is 0 Å². The number of benzene rings is 2. The van der Waals surface area contributed by atoms with Crippen LogP contribution in [0.25, 0.3) is 0 Å². The molecule has 3 nitrogen and oxygen atoms in total. The van der Waals surface area contributed by atoms with Crippen LogP contribution in [0.15, 0.2) is 42.5 Å². The van der Waals surface area contributed by atoms with Gasteiger partial charge in [-0.05, 0) is 79.8 Å². The van der Waals surface area contributed by atoms with Gasteiger partial charge in [-0.1, -0.05) is 69.1 Å². The molecule has 2 fully saturated rings. The highest BCUT2D eigenvalue weighted by molar-refractivity contribution is 6.31. The molecule has 0 spiro atoms. The van der Waals surface area contributed by atoms with E-state index in [-0.39, 0.29) is 40.5 Å². The Bertz CT molecular complexity index is 1030. The largest absolute Gasteiger partial charge is 0.493 e. The quantitative estimate of drug-likeness (QED) is 0.417. The van der Waals surface area contributed by atoms with E-state index in [0.29, 0.717) is 6.61 Å². The van der Waals surface area contributed by atoms with E-state index in [1.165, 1.54) is 5.56 Å². The maximum Gasteiger partial charge on any atom is 0.226 e. The molecule has 4 rings (SSSR count). The van der Waals surface area contributed by atoms with Gasteiger partial charge in [-0.25, -0.2) is 0 Å². The first-order valence-corrected chi connectivity index (χ1v) is 13.4. The molecule has 34 heavy (non-hydrogen) atoms. The lowest BCUT2D eigenvalue weighted by atomic mass is 9.56. The van der Waals surface area contributed by atoms with Crippen LogP contribution in [-0.2, 0) is 4.79 Å². The third kappa shape index (κ3) is 4.58. The van der Waals surface area contributed by atoms with Gasteiger partial charge in [0.05, 0.1) is 12.0 Å². The van der Waals surface area contributed by atoms with Gasteiger partial charge in [0.15, 0.2) is 0 Å². The molecule has 1 N–H and O–H groups in total. The van der Waals surface area contributed by atoms with Crippen LogP contribution < -0.4 is 10.1 Å². The highest BCUT2D eigenvalue weighted by Crippen LogP contribution is 2.59. The van der Waals surface area contributed by atoms with Crippen molar-refractivity contribution in [1.29, 1.82) is 0 Å². The van der Waals surface area contributed by atoms with Crippen LogP contribution in [-0.4, -0.2) is 18.6 Å². The summed E-state index contributed by atoms with van der Waals surface area (Å²) in [7, 11) is 0. The van der Waals surface area contributed by atoms with E-state index in [2.05, 4.69) is 64.2 Å². The molecule has 2 aromatic rings. The first-order valence-electron chi connectivity index (χ1n) is 12.6. The minimum atomic E-state index is -0.374. The van der Waals surface area contributed by atoms with Crippen LogP contribution in [0, 0.1) is 16.7 Å². The number of hydrogen-bond donors (Lipinski definition) is 1. The maximum absolute atomic E-state index is 13.0. The van der Waals surface area contributed by atoms with Crippen LogP contribution in [0.2, 0.25) is 10.0 Å². The van der Waals surface area contributed by atoms with Crippen molar-refractivity contribution in [3.05, 3.63) is 63.6 Å². The standard InChI is InChI=1S/C29H37Cl2NO2/c1-6-28(4,7-2)17-34-21-12-13-22(24(31)16-21)23-14-15-29(5)26(18(3)32-27(29)33)25(23)19-8-10-20(30)11-9-19/h8-13,16,18,23,25-26H,6-7,14-15,17H2,1-5H3,(H,32,33)/t18-,23+,25+,26+,29-/m1/s1. The molecule has 1 aliphatic heterocycles. The summed E-state index contributed by atoms with van der Waals surface area (Å²) in [6, 6.07) is 14.4. The molecular weight excluding hydrogens is 465 g/mol. The molecule has 1 heterocycles. The van der Waals surface area contributed by atoms with Crippen LogP contribution >= 0.6 is 23.2 Å². The summed E-state index contributed by atoms with van der Waals surface area (Å²) in [4.78, 5) is 13.0. The summed E-state index contributed by atoms with van der Waals surface area (Å²) in [5.74, 6) is 1.55. The third-order valence-electron chi connectivity index (χ3n) is 8.87. The van der Waals surface area contributed by atoms with E-state index in [9.17, 15) is 4.79 Å². The summed E-state index contributed by atoms with van der Waals surface area (Å²) < 4.78 is 6.16. The predicted octanol–water partition coefficient (Wildman–Crippen LogP) is 8.00. The molecule has 5 heteroatoms. The van der Waals surface area contributed by atoms with Crippen molar-refractivity contribution in [3.63, 3.8) is 0 Å². The fourth-order valence-electron chi connectivity index (χ4n) is 6.12. The average Bonchev–Trinajstić information content (AvgIpc) is 3.06. The Hall–Kier alpha value is -1.71. The number of hydrogen-bond acceptors (Lipinski definition) is 2. The Morgan fingerprint density at radius 2 is 1.79 bits per heavy atom. The van der Waals surface area contributed by atoms with Crippen molar-refractivity contribution >= 4 is 29.1 Å². The minimum absolute atomic E-state index is 0.100. The molecule has 5 atom stereocenters. The summed E-state index contributed by atoms with van der Waals surface area (Å²) in [5.41, 5.74) is 2.14. The van der Waals surface area contributed by atoms with Gasteiger partial charge in [0.2, 0.25) is 5.91 Å². The van der Waals surface area contributed by atoms with Gasteiger partial charge in [0, 0.05) is 27.4 Å². The topological polar surface area (TPSA) is 38.3 Å². The summed E-state index contributed by atoms with van der Waals surface area (Å²) >= 11 is 13.1. The second kappa shape index (κ2) is 9.74. The summed E-state index contributed by atoms with van der Waals surface area (Å²) in [6.45, 7) is 11.6. The molecular formula is C29H37Cl2NO2. The second-order valence-electron chi connectivity index (χ2n) is 10.9. The van der Waals surface area contributed by atoms with Gasteiger partial charge in [0.1, 0.15) is 5.75 Å². The molecule has 2 aliphatic rings. The van der Waals surface area contributed by atoms with Crippen molar-refractivity contribution in [2.45, 2.75) is 78.2 Å². The van der Waals surface area contributed by atoms with Crippen molar-refractivity contribution in [2.24, 2.45) is 16.7 Å². The van der Waals surface area contributed by atoms with E-state index in [0.717, 1.165) is 47.0 Å². The van der Waals surface area contributed by atoms with Gasteiger partial charge in [-0.3, -0.25) is 4.79 Å². The zero-order chi connectivity index (χ0) is 24.7. The molecule has 1 amide bonds. The number of carbonyl (C=O) groups excluding carboxylic acids is 1. The molecule has 0 unspecified atom stereocenters. The summed E-state index contributed by atoms with van der Waals surface area (Å²) in [6.07, 6.45) is 3.91. The van der Waals surface area contributed by atoms with Crippen LogP contribution in [0.1, 0.15) is 83.3 Å². The molecule has 0 bridgehead atoms. The maximum atomic E-state index is 13.0. The molecule has 2 aromatic carbocycles. The SMILES string of the molecule is CCC(C)(CC)COc1ccc([C@@H]2CC[C@@]3(C)C(=O)N[C@H](C)[C@H]3[C@H]2c2ccc(Cl)cc2)c(Cl)c1. The summed E-state index contributed by atoms with van der Waals surface area (Å²) in [5, 5.41) is 4.69. The Balaban J connectivity index is 1.68.